The van der Waals surface area contributed by atoms with Gasteiger partial charge < -0.3 is 10.1 Å². The first-order valence-corrected chi connectivity index (χ1v) is 6.55. The van der Waals surface area contributed by atoms with Crippen LogP contribution in [0.1, 0.15) is 30.3 Å². The number of carbonyl (C=O) groups excluding carboxylic acids is 1. The smallest absolute Gasteiger partial charge is 0.270 e. The van der Waals surface area contributed by atoms with Crippen LogP contribution in [-0.4, -0.2) is 30.1 Å². The van der Waals surface area contributed by atoms with Gasteiger partial charge in [0.05, 0.1) is 0 Å². The van der Waals surface area contributed by atoms with E-state index in [2.05, 4.69) is 10.3 Å². The summed E-state index contributed by atoms with van der Waals surface area (Å²) in [7, 11) is 0. The highest BCUT2D eigenvalue weighted by atomic mass is 35.5. The van der Waals surface area contributed by atoms with Crippen molar-refractivity contribution in [2.24, 2.45) is 5.92 Å². The van der Waals surface area contributed by atoms with E-state index < -0.39 is 0 Å². The zero-order valence-corrected chi connectivity index (χ0v) is 11.1. The number of carbonyl (C=O) groups is 1. The number of aromatic nitrogens is 1. The summed E-state index contributed by atoms with van der Waals surface area (Å²) in [5.41, 5.74) is 0.362. The second-order valence-corrected chi connectivity index (χ2v) is 5.01. The van der Waals surface area contributed by atoms with E-state index in [4.69, 9.17) is 16.3 Å². The minimum Gasteiger partial charge on any atom is -0.381 e. The van der Waals surface area contributed by atoms with E-state index in [1.807, 2.05) is 6.92 Å². The number of hydrogen-bond acceptors (Lipinski definition) is 3. The molecular formula is C13H17ClN2O2. The number of ether oxygens (including phenoxy) is 1. The molecule has 1 amide bonds. The van der Waals surface area contributed by atoms with Gasteiger partial charge in [0.2, 0.25) is 0 Å². The highest BCUT2D eigenvalue weighted by Crippen LogP contribution is 2.19. The summed E-state index contributed by atoms with van der Waals surface area (Å²) < 4.78 is 5.31. The Morgan fingerprint density at radius 1 is 1.56 bits per heavy atom. The van der Waals surface area contributed by atoms with Gasteiger partial charge in [-0.3, -0.25) is 9.78 Å². The van der Waals surface area contributed by atoms with Crippen LogP contribution in [0.3, 0.4) is 0 Å². The van der Waals surface area contributed by atoms with Crippen LogP contribution in [0.2, 0.25) is 5.02 Å². The first kappa shape index (κ1) is 13.3. The molecule has 1 saturated heterocycles. The van der Waals surface area contributed by atoms with Crippen molar-refractivity contribution >= 4 is 17.5 Å². The molecule has 1 N–H and O–H groups in total. The minimum absolute atomic E-state index is 0.127. The van der Waals surface area contributed by atoms with E-state index in [0.29, 0.717) is 16.6 Å². The number of rotatable bonds is 3. The van der Waals surface area contributed by atoms with Crippen molar-refractivity contribution < 1.29 is 9.53 Å². The van der Waals surface area contributed by atoms with Gasteiger partial charge in [0.1, 0.15) is 5.69 Å². The Kier molecular flexibility index (Phi) is 4.55. The topological polar surface area (TPSA) is 51.2 Å². The van der Waals surface area contributed by atoms with E-state index in [-0.39, 0.29) is 11.9 Å². The second-order valence-electron chi connectivity index (χ2n) is 4.57. The molecule has 0 aliphatic carbocycles. The Morgan fingerprint density at radius 2 is 2.28 bits per heavy atom. The molecule has 98 valence electrons. The summed E-state index contributed by atoms with van der Waals surface area (Å²) >= 11 is 5.84. The van der Waals surface area contributed by atoms with Crippen LogP contribution in [0.4, 0.5) is 0 Å². The van der Waals surface area contributed by atoms with Crippen molar-refractivity contribution in [3.05, 3.63) is 29.0 Å². The molecule has 1 aliphatic rings. The predicted molar refractivity (Wildman–Crippen MR) is 69.7 cm³/mol. The summed E-state index contributed by atoms with van der Waals surface area (Å²) in [6.45, 7) is 3.58. The third kappa shape index (κ3) is 3.43. The molecular weight excluding hydrogens is 252 g/mol. The monoisotopic (exact) mass is 268 g/mol. The van der Waals surface area contributed by atoms with Crippen molar-refractivity contribution in [2.75, 3.05) is 13.2 Å². The Labute approximate surface area is 112 Å². The lowest BCUT2D eigenvalue weighted by molar-refractivity contribution is 0.0537. The van der Waals surface area contributed by atoms with Crippen molar-refractivity contribution in [2.45, 2.75) is 25.8 Å². The molecule has 1 unspecified atom stereocenters. The van der Waals surface area contributed by atoms with Gasteiger partial charge in [-0.15, -0.1) is 0 Å². The molecule has 18 heavy (non-hydrogen) atoms. The maximum atomic E-state index is 12.0. The summed E-state index contributed by atoms with van der Waals surface area (Å²) in [5.74, 6) is 0.304. The normalized spacial score (nSPS) is 18.3. The van der Waals surface area contributed by atoms with Gasteiger partial charge in [0.25, 0.3) is 5.91 Å². The molecule has 0 aromatic carbocycles. The maximum absolute atomic E-state index is 12.0. The lowest BCUT2D eigenvalue weighted by atomic mass is 9.93. The third-order valence-electron chi connectivity index (χ3n) is 3.29. The highest BCUT2D eigenvalue weighted by molar-refractivity contribution is 6.30. The number of hydrogen-bond donors (Lipinski definition) is 1. The standard InChI is InChI=1S/C13H17ClN2O2/c1-9(10-3-6-18-7-4-10)16-13(17)12-8-11(14)2-5-15-12/h2,5,8-10H,3-4,6-7H2,1H3,(H,16,17). The first-order valence-electron chi connectivity index (χ1n) is 6.17. The van der Waals surface area contributed by atoms with Crippen LogP contribution < -0.4 is 5.32 Å². The molecule has 0 saturated carbocycles. The quantitative estimate of drug-likeness (QED) is 0.915. The highest BCUT2D eigenvalue weighted by Gasteiger charge is 2.22. The second kappa shape index (κ2) is 6.16. The van der Waals surface area contributed by atoms with Gasteiger partial charge in [-0.05, 0) is 37.8 Å². The van der Waals surface area contributed by atoms with Gasteiger partial charge in [-0.1, -0.05) is 11.6 Å². The van der Waals surface area contributed by atoms with Crippen molar-refractivity contribution in [3.8, 4) is 0 Å². The molecule has 1 fully saturated rings. The van der Waals surface area contributed by atoms with Crippen LogP contribution in [0.5, 0.6) is 0 Å². The van der Waals surface area contributed by atoms with E-state index >= 15 is 0 Å². The summed E-state index contributed by atoms with van der Waals surface area (Å²) in [4.78, 5) is 16.0. The SMILES string of the molecule is CC(NC(=O)c1cc(Cl)ccn1)C1CCOCC1. The van der Waals surface area contributed by atoms with Crippen molar-refractivity contribution in [1.29, 1.82) is 0 Å². The van der Waals surface area contributed by atoms with Crippen molar-refractivity contribution in [1.82, 2.24) is 10.3 Å². The average Bonchev–Trinajstić information content (AvgIpc) is 2.39. The summed E-state index contributed by atoms with van der Waals surface area (Å²) in [6.07, 6.45) is 3.52. The Morgan fingerprint density at radius 3 is 2.94 bits per heavy atom. The van der Waals surface area contributed by atoms with Crippen molar-refractivity contribution in [3.63, 3.8) is 0 Å². The molecule has 1 aromatic heterocycles. The Hall–Kier alpha value is -1.13. The zero-order chi connectivity index (χ0) is 13.0. The average molecular weight is 269 g/mol. The number of pyridine rings is 1. The Balaban J connectivity index is 1.94. The lowest BCUT2D eigenvalue weighted by Gasteiger charge is -2.28. The Bertz CT molecular complexity index is 419. The zero-order valence-electron chi connectivity index (χ0n) is 10.4. The van der Waals surface area contributed by atoms with E-state index in [9.17, 15) is 4.79 Å². The largest absolute Gasteiger partial charge is 0.381 e. The fraction of sp³-hybridized carbons (Fsp3) is 0.538. The van der Waals surface area contributed by atoms with Crippen LogP contribution >= 0.6 is 11.6 Å². The first-order chi connectivity index (χ1) is 8.66. The van der Waals surface area contributed by atoms with Crippen LogP contribution in [0.25, 0.3) is 0 Å². The number of nitrogens with zero attached hydrogens (tertiary/aromatic N) is 1. The van der Waals surface area contributed by atoms with Crippen LogP contribution in [0, 0.1) is 5.92 Å². The predicted octanol–water partition coefficient (Wildman–Crippen LogP) is 2.28. The summed E-state index contributed by atoms with van der Waals surface area (Å²) in [6, 6.07) is 3.36. The van der Waals surface area contributed by atoms with E-state index in [0.717, 1.165) is 26.1 Å². The van der Waals surface area contributed by atoms with E-state index in [1.54, 1.807) is 12.1 Å². The number of halogens is 1. The van der Waals surface area contributed by atoms with Crippen LogP contribution in [-0.2, 0) is 4.74 Å². The lowest BCUT2D eigenvalue weighted by Crippen LogP contribution is -2.40. The molecule has 0 radical (unpaired) electrons. The summed E-state index contributed by atoms with van der Waals surface area (Å²) in [5, 5.41) is 3.50. The van der Waals surface area contributed by atoms with Gasteiger partial charge in [-0.2, -0.15) is 0 Å². The number of amides is 1. The molecule has 5 heteroatoms. The third-order valence-corrected chi connectivity index (χ3v) is 3.52. The van der Waals surface area contributed by atoms with Gasteiger partial charge in [-0.25, -0.2) is 0 Å². The fourth-order valence-electron chi connectivity index (χ4n) is 2.14. The van der Waals surface area contributed by atoms with Gasteiger partial charge in [0.15, 0.2) is 0 Å². The molecule has 0 spiro atoms. The molecule has 1 atom stereocenters. The fourth-order valence-corrected chi connectivity index (χ4v) is 2.30. The van der Waals surface area contributed by atoms with Gasteiger partial charge in [0, 0.05) is 30.5 Å². The molecule has 2 heterocycles. The van der Waals surface area contributed by atoms with E-state index in [1.165, 1.54) is 6.20 Å². The molecule has 1 aliphatic heterocycles. The number of nitrogens with one attached hydrogen (secondary N) is 1. The molecule has 1 aromatic rings. The minimum atomic E-state index is -0.170. The van der Waals surface area contributed by atoms with Crippen LogP contribution in [0.15, 0.2) is 18.3 Å². The molecule has 2 rings (SSSR count). The maximum Gasteiger partial charge on any atom is 0.270 e. The molecule has 0 bridgehead atoms. The molecule has 4 nitrogen and oxygen atoms in total. The van der Waals surface area contributed by atoms with Gasteiger partial charge >= 0.3 is 0 Å².